The highest BCUT2D eigenvalue weighted by Gasteiger charge is 2.11. The largest absolute Gasteiger partial charge is 0.494 e. The van der Waals surface area contributed by atoms with E-state index in [1.807, 2.05) is 0 Å². The van der Waals surface area contributed by atoms with Gasteiger partial charge in [0.05, 0.1) is 11.5 Å². The minimum Gasteiger partial charge on any atom is -0.494 e. The van der Waals surface area contributed by atoms with Crippen molar-refractivity contribution in [3.8, 4) is 5.75 Å². The first-order valence-corrected chi connectivity index (χ1v) is 9.56. The van der Waals surface area contributed by atoms with Crippen molar-refractivity contribution < 1.29 is 19.2 Å². The Morgan fingerprint density at radius 1 is 1.00 bits per heavy atom. The summed E-state index contributed by atoms with van der Waals surface area (Å²) in [6.45, 7) is 4.83. The molecule has 0 spiro atoms. The number of hydrazine groups is 1. The van der Waals surface area contributed by atoms with Gasteiger partial charge in [-0.3, -0.25) is 35.9 Å². The number of carbonyl (C=O) groups is 2. The molecule has 30 heavy (non-hydrogen) atoms. The van der Waals surface area contributed by atoms with Crippen LogP contribution in [-0.2, 0) is 0 Å². The lowest BCUT2D eigenvalue weighted by Gasteiger charge is -2.11. The van der Waals surface area contributed by atoms with E-state index in [-0.39, 0.29) is 16.4 Å². The summed E-state index contributed by atoms with van der Waals surface area (Å²) in [6, 6.07) is 11.7. The fourth-order valence-corrected chi connectivity index (χ4v) is 2.39. The van der Waals surface area contributed by atoms with Gasteiger partial charge in [-0.15, -0.1) is 0 Å². The van der Waals surface area contributed by atoms with Gasteiger partial charge in [0.15, 0.2) is 5.11 Å². The van der Waals surface area contributed by atoms with E-state index in [0.29, 0.717) is 23.8 Å². The molecule has 2 aromatic carbocycles. The monoisotopic (exact) mass is 430 g/mol. The number of carbonyl (C=O) groups excluding carboxylic acids is 2. The minimum atomic E-state index is -0.565. The number of amides is 2. The lowest BCUT2D eigenvalue weighted by Crippen LogP contribution is -2.48. The summed E-state index contributed by atoms with van der Waals surface area (Å²) in [5.41, 5.74) is 5.16. The Kier molecular flexibility index (Phi) is 8.24. The van der Waals surface area contributed by atoms with Crippen LogP contribution in [-0.4, -0.2) is 28.5 Å². The SMILES string of the molecule is CC(C)CCOc1ccc(C(=O)NC(=S)NNC(=O)c2ccc([N+](=O)[O-])cc2)cc1. The summed E-state index contributed by atoms with van der Waals surface area (Å²) < 4.78 is 5.61. The maximum atomic E-state index is 12.2. The second kappa shape index (κ2) is 10.9. The quantitative estimate of drug-likeness (QED) is 0.351. The summed E-state index contributed by atoms with van der Waals surface area (Å²) in [5, 5.41) is 13.0. The summed E-state index contributed by atoms with van der Waals surface area (Å²) >= 11 is 4.99. The number of nitro benzene ring substituents is 1. The lowest BCUT2D eigenvalue weighted by atomic mass is 10.1. The van der Waals surface area contributed by atoms with Crippen LogP contribution in [0.2, 0.25) is 0 Å². The highest BCUT2D eigenvalue weighted by molar-refractivity contribution is 7.80. The summed E-state index contributed by atoms with van der Waals surface area (Å²) in [5.74, 6) is 0.197. The Labute approximate surface area is 178 Å². The van der Waals surface area contributed by atoms with Gasteiger partial charge in [-0.1, -0.05) is 13.8 Å². The first kappa shape index (κ1) is 22.8. The van der Waals surface area contributed by atoms with Crippen molar-refractivity contribution in [2.75, 3.05) is 6.61 Å². The molecule has 158 valence electrons. The highest BCUT2D eigenvalue weighted by atomic mass is 32.1. The number of hydrogen-bond acceptors (Lipinski definition) is 6. The van der Waals surface area contributed by atoms with Crippen LogP contribution in [0, 0.1) is 16.0 Å². The number of hydrogen-bond donors (Lipinski definition) is 3. The Bertz CT molecular complexity index is 914. The molecule has 0 aromatic heterocycles. The third kappa shape index (κ3) is 7.13. The molecule has 2 rings (SSSR count). The molecule has 0 atom stereocenters. The van der Waals surface area contributed by atoms with Crippen LogP contribution in [0.4, 0.5) is 5.69 Å². The standard InChI is InChI=1S/C20H22N4O5S/c1-13(2)11-12-29-17-9-5-14(6-10-17)18(25)21-20(30)23-22-19(26)15-3-7-16(8-4-15)24(27)28/h3-10,13H,11-12H2,1-2H3,(H,22,26)(H2,21,23,25,30). The topological polar surface area (TPSA) is 123 Å². The molecule has 0 bridgehead atoms. The molecule has 2 amide bonds. The predicted octanol–water partition coefficient (Wildman–Crippen LogP) is 2.97. The maximum Gasteiger partial charge on any atom is 0.269 e. The Morgan fingerprint density at radius 3 is 2.13 bits per heavy atom. The van der Waals surface area contributed by atoms with E-state index in [2.05, 4.69) is 30.0 Å². The van der Waals surface area contributed by atoms with Crippen LogP contribution in [0.15, 0.2) is 48.5 Å². The van der Waals surface area contributed by atoms with E-state index in [4.69, 9.17) is 17.0 Å². The van der Waals surface area contributed by atoms with Crippen LogP contribution in [0.5, 0.6) is 5.75 Å². The van der Waals surface area contributed by atoms with Crippen LogP contribution >= 0.6 is 12.2 Å². The van der Waals surface area contributed by atoms with Crippen molar-refractivity contribution in [1.29, 1.82) is 0 Å². The average Bonchev–Trinajstić information content (AvgIpc) is 2.72. The molecule has 2 aromatic rings. The highest BCUT2D eigenvalue weighted by Crippen LogP contribution is 2.14. The van der Waals surface area contributed by atoms with E-state index < -0.39 is 16.7 Å². The lowest BCUT2D eigenvalue weighted by molar-refractivity contribution is -0.384. The second-order valence-electron chi connectivity index (χ2n) is 6.72. The molecular weight excluding hydrogens is 408 g/mol. The summed E-state index contributed by atoms with van der Waals surface area (Å²) in [4.78, 5) is 34.3. The number of nitrogens with zero attached hydrogens (tertiary/aromatic N) is 1. The van der Waals surface area contributed by atoms with E-state index in [1.165, 1.54) is 24.3 Å². The van der Waals surface area contributed by atoms with Gasteiger partial charge in [0, 0.05) is 23.3 Å². The van der Waals surface area contributed by atoms with E-state index in [1.54, 1.807) is 24.3 Å². The third-order valence-corrected chi connectivity index (χ3v) is 4.14. The number of rotatable bonds is 7. The smallest absolute Gasteiger partial charge is 0.269 e. The Morgan fingerprint density at radius 2 is 1.57 bits per heavy atom. The summed E-state index contributed by atoms with van der Waals surface area (Å²) in [7, 11) is 0. The number of nitrogens with one attached hydrogen (secondary N) is 3. The predicted molar refractivity (Wildman–Crippen MR) is 115 cm³/mol. The molecule has 0 aliphatic rings. The molecule has 0 unspecified atom stereocenters. The maximum absolute atomic E-state index is 12.2. The zero-order valence-electron chi connectivity index (χ0n) is 16.5. The molecule has 0 fully saturated rings. The molecule has 9 nitrogen and oxygen atoms in total. The molecule has 10 heteroatoms. The molecule has 3 N–H and O–H groups in total. The van der Waals surface area contributed by atoms with Crippen LogP contribution in [0.1, 0.15) is 41.0 Å². The van der Waals surface area contributed by atoms with Gasteiger partial charge in [-0.05, 0) is 61.0 Å². The molecular formula is C20H22N4O5S. The van der Waals surface area contributed by atoms with Crippen LogP contribution in [0.3, 0.4) is 0 Å². The first-order valence-electron chi connectivity index (χ1n) is 9.15. The van der Waals surface area contributed by atoms with Gasteiger partial charge in [-0.2, -0.15) is 0 Å². The third-order valence-electron chi connectivity index (χ3n) is 3.94. The van der Waals surface area contributed by atoms with Crippen molar-refractivity contribution in [2.45, 2.75) is 20.3 Å². The number of benzene rings is 2. The summed E-state index contributed by atoms with van der Waals surface area (Å²) in [6.07, 6.45) is 0.938. The normalized spacial score (nSPS) is 10.2. The Balaban J connectivity index is 1.80. The van der Waals surface area contributed by atoms with E-state index in [0.717, 1.165) is 6.42 Å². The molecule has 0 saturated heterocycles. The number of thiocarbonyl (C=S) groups is 1. The number of nitro groups is 1. The van der Waals surface area contributed by atoms with Crippen molar-refractivity contribution in [3.05, 3.63) is 69.8 Å². The van der Waals surface area contributed by atoms with Crippen molar-refractivity contribution in [1.82, 2.24) is 16.2 Å². The second-order valence-corrected chi connectivity index (χ2v) is 7.13. The molecule has 0 aliphatic carbocycles. The number of ether oxygens (including phenoxy) is 1. The zero-order valence-corrected chi connectivity index (χ0v) is 17.3. The van der Waals surface area contributed by atoms with Crippen LogP contribution < -0.4 is 20.9 Å². The van der Waals surface area contributed by atoms with Crippen molar-refractivity contribution >= 4 is 34.8 Å². The van der Waals surface area contributed by atoms with E-state index in [9.17, 15) is 19.7 Å². The number of non-ortho nitro benzene ring substituents is 1. The van der Waals surface area contributed by atoms with Crippen molar-refractivity contribution in [2.24, 2.45) is 5.92 Å². The van der Waals surface area contributed by atoms with Gasteiger partial charge in [0.1, 0.15) is 5.75 Å². The molecule has 0 radical (unpaired) electrons. The van der Waals surface area contributed by atoms with Gasteiger partial charge >= 0.3 is 0 Å². The average molecular weight is 430 g/mol. The Hall–Kier alpha value is -3.53. The van der Waals surface area contributed by atoms with Crippen LogP contribution in [0.25, 0.3) is 0 Å². The van der Waals surface area contributed by atoms with Gasteiger partial charge < -0.3 is 4.74 Å². The van der Waals surface area contributed by atoms with Gasteiger partial charge in [0.2, 0.25) is 0 Å². The fraction of sp³-hybridized carbons (Fsp3) is 0.250. The van der Waals surface area contributed by atoms with Gasteiger partial charge in [-0.25, -0.2) is 0 Å². The molecule has 0 saturated carbocycles. The fourth-order valence-electron chi connectivity index (χ4n) is 2.24. The van der Waals surface area contributed by atoms with Crippen molar-refractivity contribution in [3.63, 3.8) is 0 Å². The van der Waals surface area contributed by atoms with Gasteiger partial charge in [0.25, 0.3) is 17.5 Å². The molecule has 0 aliphatic heterocycles. The molecule has 0 heterocycles. The zero-order chi connectivity index (χ0) is 22.1. The first-order chi connectivity index (χ1) is 14.3. The van der Waals surface area contributed by atoms with E-state index >= 15 is 0 Å². The minimum absolute atomic E-state index is 0.104.